The smallest absolute Gasteiger partial charge is 0.103 e. The fraction of sp³-hybridized carbons (Fsp3) is 0.235. The Balaban J connectivity index is 2.16. The van der Waals surface area contributed by atoms with Crippen LogP contribution in [0.4, 0.5) is 11.4 Å². The van der Waals surface area contributed by atoms with Crippen molar-refractivity contribution >= 4 is 23.0 Å². The zero-order valence-corrected chi connectivity index (χ0v) is 12.1. The highest BCUT2D eigenvalue weighted by Crippen LogP contribution is 2.38. The molecule has 1 aliphatic rings. The van der Waals surface area contributed by atoms with Gasteiger partial charge in [-0.3, -0.25) is 0 Å². The summed E-state index contributed by atoms with van der Waals surface area (Å²) in [6.45, 7) is 3.14. The van der Waals surface area contributed by atoms with Gasteiger partial charge >= 0.3 is 0 Å². The molecule has 0 saturated carbocycles. The number of anilines is 2. The minimum atomic E-state index is 0.515. The van der Waals surface area contributed by atoms with Gasteiger partial charge in [0, 0.05) is 12.2 Å². The first kappa shape index (κ1) is 13.0. The van der Waals surface area contributed by atoms with Gasteiger partial charge in [0.1, 0.15) is 6.07 Å². The third kappa shape index (κ3) is 2.15. The van der Waals surface area contributed by atoms with Gasteiger partial charge in [-0.25, -0.2) is 0 Å². The Morgan fingerprint density at radius 3 is 2.70 bits per heavy atom. The van der Waals surface area contributed by atoms with Crippen LogP contribution in [0.5, 0.6) is 0 Å². The summed E-state index contributed by atoms with van der Waals surface area (Å²) in [6, 6.07) is 16.3. The number of nitrogens with zero attached hydrogens (tertiary/aromatic N) is 2. The lowest BCUT2D eigenvalue weighted by molar-refractivity contribution is 0.562. The second-order valence-electron chi connectivity index (χ2n) is 5.29. The van der Waals surface area contributed by atoms with Gasteiger partial charge in [0.05, 0.1) is 16.3 Å². The van der Waals surface area contributed by atoms with Crippen LogP contribution >= 0.6 is 11.6 Å². The summed E-state index contributed by atoms with van der Waals surface area (Å²) in [5.74, 6) is 0.551. The quantitative estimate of drug-likeness (QED) is 0.768. The molecule has 0 radical (unpaired) electrons. The van der Waals surface area contributed by atoms with Crippen LogP contribution in [0.2, 0.25) is 5.02 Å². The highest BCUT2D eigenvalue weighted by atomic mass is 35.5. The molecule has 0 saturated heterocycles. The maximum atomic E-state index is 9.38. The van der Waals surface area contributed by atoms with Crippen molar-refractivity contribution in [3.05, 3.63) is 58.6 Å². The minimum Gasteiger partial charge on any atom is -0.340 e. The number of nitriles is 1. The van der Waals surface area contributed by atoms with Crippen molar-refractivity contribution in [2.45, 2.75) is 13.3 Å². The van der Waals surface area contributed by atoms with E-state index in [2.05, 4.69) is 36.1 Å². The predicted molar refractivity (Wildman–Crippen MR) is 82.5 cm³/mol. The van der Waals surface area contributed by atoms with Gasteiger partial charge in [-0.2, -0.15) is 5.26 Å². The SMILES string of the molecule is CC1Cc2ccccc2N(c2cccc(Cl)c2C#N)C1. The average Bonchev–Trinajstić information content (AvgIpc) is 2.46. The van der Waals surface area contributed by atoms with Crippen LogP contribution in [0.3, 0.4) is 0 Å². The molecule has 0 N–H and O–H groups in total. The lowest BCUT2D eigenvalue weighted by Gasteiger charge is -2.35. The van der Waals surface area contributed by atoms with Crippen molar-refractivity contribution < 1.29 is 0 Å². The molecule has 1 atom stereocenters. The van der Waals surface area contributed by atoms with Gasteiger partial charge in [-0.1, -0.05) is 42.8 Å². The summed E-state index contributed by atoms with van der Waals surface area (Å²) in [5.41, 5.74) is 3.97. The second-order valence-corrected chi connectivity index (χ2v) is 5.70. The van der Waals surface area contributed by atoms with E-state index in [0.29, 0.717) is 16.5 Å². The van der Waals surface area contributed by atoms with Crippen LogP contribution in [0.1, 0.15) is 18.1 Å². The van der Waals surface area contributed by atoms with Crippen LogP contribution in [0, 0.1) is 17.2 Å². The molecular weight excluding hydrogens is 268 g/mol. The van der Waals surface area contributed by atoms with Crippen LogP contribution in [0.15, 0.2) is 42.5 Å². The van der Waals surface area contributed by atoms with E-state index in [9.17, 15) is 5.26 Å². The Bertz CT molecular complexity index is 688. The van der Waals surface area contributed by atoms with Crippen LogP contribution in [0.25, 0.3) is 0 Å². The minimum absolute atomic E-state index is 0.515. The largest absolute Gasteiger partial charge is 0.340 e. The second kappa shape index (κ2) is 5.19. The molecule has 0 bridgehead atoms. The van der Waals surface area contributed by atoms with E-state index < -0.39 is 0 Å². The fourth-order valence-corrected chi connectivity index (χ4v) is 3.09. The third-order valence-electron chi connectivity index (χ3n) is 3.74. The number of benzene rings is 2. The monoisotopic (exact) mass is 282 g/mol. The number of rotatable bonds is 1. The van der Waals surface area contributed by atoms with Crippen LogP contribution in [-0.4, -0.2) is 6.54 Å². The number of hydrogen-bond acceptors (Lipinski definition) is 2. The molecule has 1 unspecified atom stereocenters. The summed E-state index contributed by atoms with van der Waals surface area (Å²) in [5, 5.41) is 9.90. The fourth-order valence-electron chi connectivity index (χ4n) is 2.87. The molecule has 3 heteroatoms. The molecule has 0 amide bonds. The molecule has 1 aliphatic heterocycles. The van der Waals surface area contributed by atoms with Crippen LogP contribution in [-0.2, 0) is 6.42 Å². The summed E-state index contributed by atoms with van der Waals surface area (Å²) in [4.78, 5) is 2.22. The van der Waals surface area contributed by atoms with Crippen molar-refractivity contribution in [3.63, 3.8) is 0 Å². The first-order valence-electron chi connectivity index (χ1n) is 6.74. The van der Waals surface area contributed by atoms with Crippen molar-refractivity contribution in [1.82, 2.24) is 0 Å². The zero-order chi connectivity index (χ0) is 14.1. The molecule has 1 heterocycles. The standard InChI is InChI=1S/C17H15ClN2/c1-12-9-13-5-2-3-7-16(13)20(11-12)17-8-4-6-15(18)14(17)10-19/h2-8,12H,9,11H2,1H3. The average molecular weight is 283 g/mol. The number of fused-ring (bicyclic) bond motifs is 1. The van der Waals surface area contributed by atoms with Gasteiger partial charge in [0.2, 0.25) is 0 Å². The van der Waals surface area contributed by atoms with E-state index in [4.69, 9.17) is 11.6 Å². The molecular formula is C17H15ClN2. The highest BCUT2D eigenvalue weighted by molar-refractivity contribution is 6.32. The van der Waals surface area contributed by atoms with Gasteiger partial charge in [-0.05, 0) is 36.1 Å². The molecule has 0 spiro atoms. The third-order valence-corrected chi connectivity index (χ3v) is 4.05. The van der Waals surface area contributed by atoms with Crippen molar-refractivity contribution in [3.8, 4) is 6.07 Å². The van der Waals surface area contributed by atoms with Crippen molar-refractivity contribution in [1.29, 1.82) is 5.26 Å². The first-order valence-corrected chi connectivity index (χ1v) is 7.12. The molecule has 100 valence electrons. The van der Waals surface area contributed by atoms with Gasteiger partial charge in [0.15, 0.2) is 0 Å². The van der Waals surface area contributed by atoms with Crippen molar-refractivity contribution in [2.24, 2.45) is 5.92 Å². The number of para-hydroxylation sites is 1. The van der Waals surface area contributed by atoms with Gasteiger partial charge in [-0.15, -0.1) is 0 Å². The molecule has 0 aromatic heterocycles. The summed E-state index contributed by atoms with van der Waals surface area (Å²) in [7, 11) is 0. The van der Waals surface area contributed by atoms with E-state index in [-0.39, 0.29) is 0 Å². The summed E-state index contributed by atoms with van der Waals surface area (Å²) < 4.78 is 0. The normalized spacial score (nSPS) is 17.4. The molecule has 3 rings (SSSR count). The summed E-state index contributed by atoms with van der Waals surface area (Å²) in [6.07, 6.45) is 1.08. The predicted octanol–water partition coefficient (Wildman–Crippen LogP) is 4.54. The Kier molecular flexibility index (Phi) is 3.38. The number of hydrogen-bond donors (Lipinski definition) is 0. The molecule has 2 nitrogen and oxygen atoms in total. The Morgan fingerprint density at radius 2 is 1.90 bits per heavy atom. The van der Waals surface area contributed by atoms with Gasteiger partial charge in [0.25, 0.3) is 0 Å². The molecule has 0 fully saturated rings. The van der Waals surface area contributed by atoms with E-state index in [1.54, 1.807) is 6.07 Å². The van der Waals surface area contributed by atoms with Gasteiger partial charge < -0.3 is 4.90 Å². The van der Waals surface area contributed by atoms with Crippen LogP contribution < -0.4 is 4.90 Å². The van der Waals surface area contributed by atoms with E-state index in [0.717, 1.165) is 18.7 Å². The maximum Gasteiger partial charge on any atom is 0.103 e. The van der Waals surface area contributed by atoms with E-state index in [1.807, 2.05) is 18.2 Å². The molecule has 2 aromatic rings. The Labute approximate surface area is 124 Å². The van der Waals surface area contributed by atoms with E-state index >= 15 is 0 Å². The molecule has 2 aromatic carbocycles. The zero-order valence-electron chi connectivity index (χ0n) is 11.3. The first-order chi connectivity index (χ1) is 9.70. The summed E-state index contributed by atoms with van der Waals surface area (Å²) >= 11 is 6.16. The Morgan fingerprint density at radius 1 is 1.15 bits per heavy atom. The topological polar surface area (TPSA) is 27.0 Å². The number of halogens is 1. The Hall–Kier alpha value is -1.98. The lowest BCUT2D eigenvalue weighted by Crippen LogP contribution is -2.30. The van der Waals surface area contributed by atoms with E-state index in [1.165, 1.54) is 11.3 Å². The maximum absolute atomic E-state index is 9.38. The molecule has 20 heavy (non-hydrogen) atoms. The lowest BCUT2D eigenvalue weighted by atomic mass is 9.93. The highest BCUT2D eigenvalue weighted by Gasteiger charge is 2.24. The molecule has 0 aliphatic carbocycles. The van der Waals surface area contributed by atoms with Crippen molar-refractivity contribution in [2.75, 3.05) is 11.4 Å².